The molecule has 12 heavy (non-hydrogen) atoms. The third-order valence-corrected chi connectivity index (χ3v) is 1.73. The van der Waals surface area contributed by atoms with Crippen molar-refractivity contribution in [1.29, 1.82) is 0 Å². The van der Waals surface area contributed by atoms with E-state index >= 15 is 0 Å². The molecule has 0 aromatic carbocycles. The maximum Gasteiger partial charge on any atom is 0.243 e. The number of nitrogens with two attached hydrogens (primary N) is 1. The van der Waals surface area contributed by atoms with Gasteiger partial charge >= 0.3 is 0 Å². The summed E-state index contributed by atoms with van der Waals surface area (Å²) in [6.45, 7) is 1.73. The Morgan fingerprint density at radius 2 is 2.25 bits per heavy atom. The van der Waals surface area contributed by atoms with Crippen LogP contribution in [0.2, 0.25) is 0 Å². The highest BCUT2D eigenvalue weighted by molar-refractivity contribution is 6.29. The van der Waals surface area contributed by atoms with Gasteiger partial charge in [0.2, 0.25) is 11.9 Å². The Labute approximate surface area is 68.3 Å². The van der Waals surface area contributed by atoms with E-state index in [1.165, 1.54) is 0 Å². The van der Waals surface area contributed by atoms with Gasteiger partial charge in [0, 0.05) is 0 Å². The van der Waals surface area contributed by atoms with Crippen molar-refractivity contribution in [2.75, 3.05) is 0 Å². The van der Waals surface area contributed by atoms with Crippen LogP contribution in [0.4, 0.5) is 0 Å². The second kappa shape index (κ2) is 2.13. The van der Waals surface area contributed by atoms with Gasteiger partial charge < -0.3 is 5.73 Å². The van der Waals surface area contributed by atoms with Crippen molar-refractivity contribution in [3.63, 3.8) is 0 Å². The zero-order valence-corrected chi connectivity index (χ0v) is 6.40. The fourth-order valence-electron chi connectivity index (χ4n) is 1.18. The molecule has 2 rings (SSSR count). The molecule has 2 aliphatic heterocycles. The van der Waals surface area contributed by atoms with Gasteiger partial charge in [-0.3, -0.25) is 10.1 Å². The van der Waals surface area contributed by atoms with Crippen molar-refractivity contribution in [3.8, 4) is 0 Å². The second-order valence-electron chi connectivity index (χ2n) is 2.62. The molecule has 0 radical (unpaired) electrons. The molecular weight excluding hydrogens is 158 g/mol. The van der Waals surface area contributed by atoms with Crippen LogP contribution in [0.25, 0.3) is 0 Å². The van der Waals surface area contributed by atoms with E-state index in [-0.39, 0.29) is 11.9 Å². The van der Waals surface area contributed by atoms with E-state index < -0.39 is 5.92 Å². The molecule has 2 aliphatic rings. The largest absolute Gasteiger partial charge is 0.369 e. The summed E-state index contributed by atoms with van der Waals surface area (Å²) < 4.78 is 0. The fourth-order valence-corrected chi connectivity index (χ4v) is 1.18. The van der Waals surface area contributed by atoms with E-state index in [0.29, 0.717) is 11.5 Å². The summed E-state index contributed by atoms with van der Waals surface area (Å²) in [5.74, 6) is -0.175. The SMILES string of the molecule is CC1=NN=C2N=C(N)NC(=O)C12. The topological polar surface area (TPSA) is 92.2 Å². The standard InChI is InChI=1S/C6H7N5O/c1-2-3-4(11-10-2)8-6(7)9-5(3)12/h3H,1H3,(H3,7,8,9,11,12). The lowest BCUT2D eigenvalue weighted by atomic mass is 10.0. The van der Waals surface area contributed by atoms with Crippen molar-refractivity contribution in [3.05, 3.63) is 0 Å². The van der Waals surface area contributed by atoms with Crippen LogP contribution in [0.15, 0.2) is 15.2 Å². The lowest BCUT2D eigenvalue weighted by molar-refractivity contribution is -0.120. The molecule has 0 spiro atoms. The summed E-state index contributed by atoms with van der Waals surface area (Å²) in [5, 5.41) is 9.87. The van der Waals surface area contributed by atoms with E-state index in [2.05, 4.69) is 20.5 Å². The van der Waals surface area contributed by atoms with Gasteiger partial charge in [0.1, 0.15) is 5.92 Å². The predicted molar refractivity (Wildman–Crippen MR) is 43.8 cm³/mol. The fraction of sp³-hybridized carbons (Fsp3) is 0.333. The van der Waals surface area contributed by atoms with Crippen LogP contribution in [-0.4, -0.2) is 23.4 Å². The van der Waals surface area contributed by atoms with Crippen molar-refractivity contribution < 1.29 is 4.79 Å². The Hall–Kier alpha value is -1.72. The smallest absolute Gasteiger partial charge is 0.243 e. The quantitative estimate of drug-likeness (QED) is 0.473. The number of hydrogen-bond acceptors (Lipinski definition) is 5. The summed E-state index contributed by atoms with van der Waals surface area (Å²) in [6.07, 6.45) is 0. The first-order valence-electron chi connectivity index (χ1n) is 3.45. The van der Waals surface area contributed by atoms with E-state index in [1.807, 2.05) is 0 Å². The molecule has 0 saturated heterocycles. The molecule has 6 nitrogen and oxygen atoms in total. The molecule has 2 heterocycles. The van der Waals surface area contributed by atoms with Crippen molar-refractivity contribution in [2.24, 2.45) is 26.8 Å². The first kappa shape index (κ1) is 6.96. The van der Waals surface area contributed by atoms with Gasteiger partial charge in [0.05, 0.1) is 5.71 Å². The molecule has 0 saturated carbocycles. The highest BCUT2D eigenvalue weighted by atomic mass is 16.2. The van der Waals surface area contributed by atoms with Crippen LogP contribution in [0.5, 0.6) is 0 Å². The molecule has 62 valence electrons. The average molecular weight is 165 g/mol. The van der Waals surface area contributed by atoms with E-state index in [1.54, 1.807) is 6.92 Å². The number of hydrogen-bond donors (Lipinski definition) is 2. The summed E-state index contributed by atoms with van der Waals surface area (Å²) >= 11 is 0. The van der Waals surface area contributed by atoms with Crippen LogP contribution >= 0.6 is 0 Å². The summed E-state index contributed by atoms with van der Waals surface area (Å²) in [7, 11) is 0. The summed E-state index contributed by atoms with van der Waals surface area (Å²) in [4.78, 5) is 15.1. The number of fused-ring (bicyclic) bond motifs is 1. The number of nitrogens with one attached hydrogen (secondary N) is 1. The normalized spacial score (nSPS) is 26.9. The highest BCUT2D eigenvalue weighted by Crippen LogP contribution is 2.14. The maximum atomic E-state index is 11.3. The average Bonchev–Trinajstić information content (AvgIpc) is 2.31. The Bertz CT molecular complexity index is 340. The van der Waals surface area contributed by atoms with Crippen molar-refractivity contribution in [2.45, 2.75) is 6.92 Å². The summed E-state index contributed by atoms with van der Waals surface area (Å²) in [6, 6.07) is 0. The number of amides is 1. The number of nitrogens with zero attached hydrogens (tertiary/aromatic N) is 3. The number of carbonyl (C=O) groups excluding carboxylic acids is 1. The highest BCUT2D eigenvalue weighted by Gasteiger charge is 2.34. The minimum atomic E-state index is -0.433. The molecule has 1 unspecified atom stereocenters. The summed E-state index contributed by atoms with van der Waals surface area (Å²) in [5.41, 5.74) is 5.96. The van der Waals surface area contributed by atoms with Gasteiger partial charge in [-0.05, 0) is 6.92 Å². The third kappa shape index (κ3) is 0.810. The first-order valence-corrected chi connectivity index (χ1v) is 3.45. The van der Waals surface area contributed by atoms with E-state index in [4.69, 9.17) is 5.73 Å². The molecule has 0 aliphatic carbocycles. The first-order chi connectivity index (χ1) is 5.68. The van der Waals surface area contributed by atoms with Gasteiger partial charge in [-0.1, -0.05) is 0 Å². The number of amidine groups is 1. The molecule has 6 heteroatoms. The number of carbonyl (C=O) groups is 1. The lowest BCUT2D eigenvalue weighted by Crippen LogP contribution is -2.48. The molecule has 1 amide bonds. The molecule has 0 fully saturated rings. The van der Waals surface area contributed by atoms with Crippen LogP contribution < -0.4 is 11.1 Å². The third-order valence-electron chi connectivity index (χ3n) is 1.73. The molecule has 3 N–H and O–H groups in total. The zero-order chi connectivity index (χ0) is 8.72. The van der Waals surface area contributed by atoms with E-state index in [9.17, 15) is 4.79 Å². The van der Waals surface area contributed by atoms with Gasteiger partial charge in [-0.2, -0.15) is 10.1 Å². The Morgan fingerprint density at radius 3 is 3.00 bits per heavy atom. The Balaban J connectivity index is 2.42. The van der Waals surface area contributed by atoms with Crippen molar-refractivity contribution >= 4 is 23.4 Å². The van der Waals surface area contributed by atoms with Gasteiger partial charge in [-0.25, -0.2) is 0 Å². The van der Waals surface area contributed by atoms with Crippen LogP contribution in [-0.2, 0) is 4.79 Å². The van der Waals surface area contributed by atoms with Gasteiger partial charge in [0.25, 0.3) is 0 Å². The number of aliphatic imine (C=N–C) groups is 1. The molecular formula is C6H7N5O. The minimum Gasteiger partial charge on any atom is -0.369 e. The van der Waals surface area contributed by atoms with Crippen LogP contribution in [0.1, 0.15) is 6.92 Å². The Kier molecular flexibility index (Phi) is 1.24. The number of guanidine groups is 1. The van der Waals surface area contributed by atoms with E-state index in [0.717, 1.165) is 0 Å². The second-order valence-corrected chi connectivity index (χ2v) is 2.62. The Morgan fingerprint density at radius 1 is 1.50 bits per heavy atom. The minimum absolute atomic E-state index is 0.0832. The van der Waals surface area contributed by atoms with Crippen LogP contribution in [0.3, 0.4) is 0 Å². The lowest BCUT2D eigenvalue weighted by Gasteiger charge is -2.15. The zero-order valence-electron chi connectivity index (χ0n) is 6.40. The molecule has 1 atom stereocenters. The van der Waals surface area contributed by atoms with Gasteiger partial charge in [-0.15, -0.1) is 5.10 Å². The number of rotatable bonds is 0. The molecule has 0 bridgehead atoms. The van der Waals surface area contributed by atoms with Gasteiger partial charge in [0.15, 0.2) is 5.84 Å². The van der Waals surface area contributed by atoms with Crippen LogP contribution in [0, 0.1) is 5.92 Å². The molecule has 0 aromatic heterocycles. The maximum absolute atomic E-state index is 11.3. The monoisotopic (exact) mass is 165 g/mol. The predicted octanol–water partition coefficient (Wildman–Crippen LogP) is -1.16. The molecule has 0 aromatic rings. The van der Waals surface area contributed by atoms with Crippen molar-refractivity contribution in [1.82, 2.24) is 5.32 Å².